The van der Waals surface area contributed by atoms with Crippen molar-refractivity contribution in [1.82, 2.24) is 10.2 Å². The first-order valence-corrected chi connectivity index (χ1v) is 12.1. The molecule has 4 rings (SSSR count). The zero-order valence-electron chi connectivity index (χ0n) is 19.5. The number of carbonyl (C=O) groups is 3. The van der Waals surface area contributed by atoms with Gasteiger partial charge in [0, 0.05) is 19.3 Å². The van der Waals surface area contributed by atoms with Crippen molar-refractivity contribution in [3.05, 3.63) is 87.6 Å². The topological polar surface area (TPSA) is 97.0 Å². The number of anilines is 1. The Bertz CT molecular complexity index is 1180. The summed E-state index contributed by atoms with van der Waals surface area (Å²) in [7, 11) is 1.55. The van der Waals surface area contributed by atoms with Gasteiger partial charge < -0.3 is 20.1 Å². The minimum Gasteiger partial charge on any atom is -0.438 e. The van der Waals surface area contributed by atoms with Crippen LogP contribution >= 0.6 is 11.3 Å². The quantitative estimate of drug-likeness (QED) is 0.437. The van der Waals surface area contributed by atoms with Crippen molar-refractivity contribution in [2.45, 2.75) is 25.6 Å². The van der Waals surface area contributed by atoms with Gasteiger partial charge in [0.05, 0.1) is 18.0 Å². The number of rotatable bonds is 9. The maximum Gasteiger partial charge on any atom is 0.411 e. The Labute approximate surface area is 207 Å². The van der Waals surface area contributed by atoms with Crippen LogP contribution in [0.25, 0.3) is 0 Å². The third-order valence-electron chi connectivity index (χ3n) is 5.65. The molecule has 2 heterocycles. The Hall–Kier alpha value is -3.69. The lowest BCUT2D eigenvalue weighted by atomic mass is 10.00. The number of aryl methyl sites for hydroxylation is 1. The molecule has 0 radical (unpaired) electrons. The molecule has 35 heavy (non-hydrogen) atoms. The van der Waals surface area contributed by atoms with E-state index in [2.05, 4.69) is 10.6 Å². The fourth-order valence-corrected chi connectivity index (χ4v) is 4.49. The highest BCUT2D eigenvalue weighted by molar-refractivity contribution is 7.12. The van der Waals surface area contributed by atoms with Gasteiger partial charge >= 0.3 is 6.09 Å². The van der Waals surface area contributed by atoms with E-state index in [9.17, 15) is 14.4 Å². The van der Waals surface area contributed by atoms with E-state index >= 15 is 0 Å². The van der Waals surface area contributed by atoms with E-state index in [0.29, 0.717) is 29.3 Å². The van der Waals surface area contributed by atoms with Crippen LogP contribution in [-0.4, -0.2) is 49.1 Å². The largest absolute Gasteiger partial charge is 0.438 e. The summed E-state index contributed by atoms with van der Waals surface area (Å²) in [6.07, 6.45) is -1.41. The van der Waals surface area contributed by atoms with Crippen LogP contribution in [0.3, 0.4) is 0 Å². The Balaban J connectivity index is 1.59. The number of hydrogen-bond acceptors (Lipinski definition) is 6. The molecule has 2 aromatic carbocycles. The van der Waals surface area contributed by atoms with Gasteiger partial charge in [-0.05, 0) is 41.6 Å². The second kappa shape index (κ2) is 11.2. The van der Waals surface area contributed by atoms with Gasteiger partial charge in [-0.3, -0.25) is 14.5 Å². The molecular weight excluding hydrogens is 466 g/mol. The van der Waals surface area contributed by atoms with E-state index in [4.69, 9.17) is 9.47 Å². The molecule has 1 aromatic heterocycles. The lowest BCUT2D eigenvalue weighted by Crippen LogP contribution is -2.47. The number of thiophene rings is 1. The number of nitrogens with one attached hydrogen (secondary N) is 2. The first-order valence-electron chi connectivity index (χ1n) is 11.2. The van der Waals surface area contributed by atoms with Crippen molar-refractivity contribution in [1.29, 1.82) is 0 Å². The number of benzene rings is 2. The molecule has 8 nitrogen and oxygen atoms in total. The predicted molar refractivity (Wildman–Crippen MR) is 133 cm³/mol. The summed E-state index contributed by atoms with van der Waals surface area (Å²) in [5.41, 5.74) is 3.15. The highest BCUT2D eigenvalue weighted by Gasteiger charge is 2.47. The first kappa shape index (κ1) is 24.4. The SMILES string of the molecule is COCCNC(=O)[C@H]1[C@H](c2cccc(NC(=O)c3cccs3)c2)OC(=O)N1Cc1ccc(C)cc1. The summed E-state index contributed by atoms with van der Waals surface area (Å²) in [6.45, 7) is 2.87. The molecule has 2 atom stereocenters. The summed E-state index contributed by atoms with van der Waals surface area (Å²) in [6, 6.07) is 17.5. The first-order chi connectivity index (χ1) is 17.0. The maximum absolute atomic E-state index is 13.2. The number of methoxy groups -OCH3 is 1. The maximum atomic E-state index is 13.2. The van der Waals surface area contributed by atoms with Crippen molar-refractivity contribution in [3.63, 3.8) is 0 Å². The summed E-state index contributed by atoms with van der Waals surface area (Å²) in [5, 5.41) is 7.52. The number of hydrogen-bond donors (Lipinski definition) is 2. The summed E-state index contributed by atoms with van der Waals surface area (Å²) in [5.74, 6) is -0.562. The van der Waals surface area contributed by atoms with Crippen molar-refractivity contribution < 1.29 is 23.9 Å². The number of amides is 3. The third-order valence-corrected chi connectivity index (χ3v) is 6.52. The minimum absolute atomic E-state index is 0.226. The minimum atomic E-state index is -0.885. The van der Waals surface area contributed by atoms with Crippen LogP contribution in [0.4, 0.5) is 10.5 Å². The van der Waals surface area contributed by atoms with Crippen molar-refractivity contribution >= 4 is 34.9 Å². The van der Waals surface area contributed by atoms with Crippen LogP contribution in [0.1, 0.15) is 32.5 Å². The van der Waals surface area contributed by atoms with Gasteiger partial charge in [-0.25, -0.2) is 4.79 Å². The van der Waals surface area contributed by atoms with Crippen molar-refractivity contribution in [2.75, 3.05) is 25.6 Å². The normalized spacial score (nSPS) is 17.2. The number of nitrogens with zero attached hydrogens (tertiary/aromatic N) is 1. The zero-order chi connectivity index (χ0) is 24.8. The molecule has 1 saturated heterocycles. The molecule has 2 N–H and O–H groups in total. The monoisotopic (exact) mass is 493 g/mol. The standard InChI is InChI=1S/C26H27N3O5S/c1-17-8-10-18(11-9-17)16-29-22(25(31)27-12-13-33-2)23(34-26(29)32)19-5-3-6-20(15-19)28-24(30)21-7-4-14-35-21/h3-11,14-15,22-23H,12-13,16H2,1-2H3,(H,27,31)(H,28,30)/t22-,23+/m1/s1. The summed E-state index contributed by atoms with van der Waals surface area (Å²) >= 11 is 1.34. The molecule has 3 amide bonds. The highest BCUT2D eigenvalue weighted by atomic mass is 32.1. The molecule has 182 valence electrons. The van der Waals surface area contributed by atoms with Gasteiger partial charge in [0.1, 0.15) is 0 Å². The van der Waals surface area contributed by atoms with Crippen LogP contribution in [-0.2, 0) is 20.8 Å². The van der Waals surface area contributed by atoms with Crippen LogP contribution < -0.4 is 10.6 Å². The fourth-order valence-electron chi connectivity index (χ4n) is 3.87. The molecule has 1 fully saturated rings. The lowest BCUT2D eigenvalue weighted by Gasteiger charge is -2.24. The second-order valence-electron chi connectivity index (χ2n) is 8.20. The molecule has 0 saturated carbocycles. The molecule has 1 aliphatic heterocycles. The van der Waals surface area contributed by atoms with Gasteiger partial charge in [-0.15, -0.1) is 11.3 Å². The van der Waals surface area contributed by atoms with Gasteiger partial charge in [0.2, 0.25) is 5.91 Å². The van der Waals surface area contributed by atoms with Gasteiger partial charge in [-0.2, -0.15) is 0 Å². The van der Waals surface area contributed by atoms with Gasteiger partial charge in [-0.1, -0.05) is 48.0 Å². The molecule has 9 heteroatoms. The van der Waals surface area contributed by atoms with Crippen molar-refractivity contribution in [2.24, 2.45) is 0 Å². The van der Waals surface area contributed by atoms with E-state index in [1.54, 1.807) is 37.4 Å². The zero-order valence-corrected chi connectivity index (χ0v) is 20.3. The average Bonchev–Trinajstić information content (AvgIpc) is 3.50. The number of carbonyl (C=O) groups excluding carboxylic acids is 3. The molecule has 0 aliphatic carbocycles. The Morgan fingerprint density at radius 1 is 1.11 bits per heavy atom. The molecule has 1 aliphatic rings. The second-order valence-corrected chi connectivity index (χ2v) is 9.15. The van der Waals surface area contributed by atoms with E-state index in [1.165, 1.54) is 16.2 Å². The highest BCUT2D eigenvalue weighted by Crippen LogP contribution is 2.35. The van der Waals surface area contributed by atoms with E-state index < -0.39 is 18.2 Å². The van der Waals surface area contributed by atoms with Crippen LogP contribution in [0.2, 0.25) is 0 Å². The average molecular weight is 494 g/mol. The molecule has 3 aromatic rings. The van der Waals surface area contributed by atoms with Gasteiger partial charge in [0.25, 0.3) is 5.91 Å². The van der Waals surface area contributed by atoms with E-state index in [-0.39, 0.29) is 18.4 Å². The number of ether oxygens (including phenoxy) is 2. The smallest absolute Gasteiger partial charge is 0.411 e. The molecular formula is C26H27N3O5S. The van der Waals surface area contributed by atoms with Crippen LogP contribution in [0.15, 0.2) is 66.0 Å². The summed E-state index contributed by atoms with van der Waals surface area (Å²) in [4.78, 5) is 40.6. The third kappa shape index (κ3) is 5.87. The Morgan fingerprint density at radius 3 is 2.63 bits per heavy atom. The Morgan fingerprint density at radius 2 is 1.91 bits per heavy atom. The fraction of sp³-hybridized carbons (Fsp3) is 0.269. The lowest BCUT2D eigenvalue weighted by molar-refractivity contribution is -0.126. The predicted octanol–water partition coefficient (Wildman–Crippen LogP) is 4.13. The van der Waals surface area contributed by atoms with Gasteiger partial charge in [0.15, 0.2) is 12.1 Å². The number of cyclic esters (lactones) is 1. The van der Waals surface area contributed by atoms with Crippen LogP contribution in [0.5, 0.6) is 0 Å². The van der Waals surface area contributed by atoms with Crippen molar-refractivity contribution in [3.8, 4) is 0 Å². The molecule has 0 spiro atoms. The molecule has 0 unspecified atom stereocenters. The van der Waals surface area contributed by atoms with E-state index in [0.717, 1.165) is 11.1 Å². The van der Waals surface area contributed by atoms with Crippen LogP contribution in [0, 0.1) is 6.92 Å². The Kier molecular flexibility index (Phi) is 7.79. The molecule has 0 bridgehead atoms. The van der Waals surface area contributed by atoms with E-state index in [1.807, 2.05) is 42.6 Å². The summed E-state index contributed by atoms with van der Waals surface area (Å²) < 4.78 is 10.8.